The minimum absolute atomic E-state index is 0.0305. The van der Waals surface area contributed by atoms with Crippen molar-refractivity contribution in [2.75, 3.05) is 18.6 Å². The Bertz CT molecular complexity index is 335. The second-order valence-corrected chi connectivity index (χ2v) is 4.18. The first-order chi connectivity index (χ1) is 7.72. The molecule has 2 rings (SSSR count). The molecule has 2 N–H and O–H groups in total. The predicted octanol–water partition coefficient (Wildman–Crippen LogP) is -0.560. The van der Waals surface area contributed by atoms with Crippen molar-refractivity contribution in [2.45, 2.75) is 25.0 Å². The summed E-state index contributed by atoms with van der Waals surface area (Å²) in [6.45, 7) is 0.0305. The molecule has 6 heteroatoms. The van der Waals surface area contributed by atoms with E-state index in [-0.39, 0.29) is 18.6 Å². The molecule has 0 aliphatic heterocycles. The van der Waals surface area contributed by atoms with Crippen molar-refractivity contribution >= 4 is 5.95 Å². The molecule has 0 unspecified atom stereocenters. The normalized spacial score (nSPS) is 29.3. The third-order valence-corrected chi connectivity index (χ3v) is 3.21. The van der Waals surface area contributed by atoms with E-state index in [1.165, 1.54) is 12.7 Å². The minimum atomic E-state index is -0.431. The second-order valence-electron chi connectivity index (χ2n) is 4.18. The molecule has 0 spiro atoms. The number of hydrogen-bond acceptors (Lipinski definition) is 6. The fraction of sp³-hybridized carbons (Fsp3) is 0.700. The molecule has 1 aromatic heterocycles. The van der Waals surface area contributed by atoms with Crippen LogP contribution < -0.4 is 4.90 Å². The van der Waals surface area contributed by atoms with Crippen LogP contribution in [0.2, 0.25) is 0 Å². The van der Waals surface area contributed by atoms with Crippen molar-refractivity contribution in [3.05, 3.63) is 12.7 Å². The number of nitrogens with zero attached hydrogens (tertiary/aromatic N) is 4. The Hall–Kier alpha value is -1.27. The van der Waals surface area contributed by atoms with Gasteiger partial charge in [-0.2, -0.15) is 0 Å². The molecule has 1 saturated carbocycles. The van der Waals surface area contributed by atoms with E-state index in [2.05, 4.69) is 15.0 Å². The van der Waals surface area contributed by atoms with Gasteiger partial charge in [-0.25, -0.2) is 15.0 Å². The first-order valence-electron chi connectivity index (χ1n) is 5.36. The van der Waals surface area contributed by atoms with E-state index in [0.717, 1.165) is 6.42 Å². The van der Waals surface area contributed by atoms with Crippen molar-refractivity contribution in [1.29, 1.82) is 0 Å². The van der Waals surface area contributed by atoms with Crippen LogP contribution >= 0.6 is 0 Å². The molecule has 6 nitrogen and oxygen atoms in total. The Morgan fingerprint density at radius 1 is 1.38 bits per heavy atom. The number of aromatic nitrogens is 3. The lowest BCUT2D eigenvalue weighted by atomic mass is 10.1. The van der Waals surface area contributed by atoms with Crippen LogP contribution in [-0.4, -0.2) is 51.0 Å². The summed E-state index contributed by atoms with van der Waals surface area (Å²) in [5.41, 5.74) is 0. The predicted molar refractivity (Wildman–Crippen MR) is 57.8 cm³/mol. The van der Waals surface area contributed by atoms with Gasteiger partial charge in [-0.15, -0.1) is 0 Å². The zero-order valence-corrected chi connectivity index (χ0v) is 9.19. The first kappa shape index (κ1) is 11.2. The monoisotopic (exact) mass is 224 g/mol. The largest absolute Gasteiger partial charge is 0.396 e. The van der Waals surface area contributed by atoms with E-state index in [0.29, 0.717) is 12.4 Å². The Morgan fingerprint density at radius 2 is 2.06 bits per heavy atom. The molecule has 1 aliphatic rings. The summed E-state index contributed by atoms with van der Waals surface area (Å²) < 4.78 is 0. The molecule has 0 bridgehead atoms. The zero-order chi connectivity index (χ0) is 11.5. The maximum Gasteiger partial charge on any atom is 0.228 e. The van der Waals surface area contributed by atoms with Crippen molar-refractivity contribution in [1.82, 2.24) is 15.0 Å². The molecule has 1 fully saturated rings. The van der Waals surface area contributed by atoms with Crippen molar-refractivity contribution < 1.29 is 10.2 Å². The van der Waals surface area contributed by atoms with E-state index < -0.39 is 6.10 Å². The molecule has 0 amide bonds. The number of rotatable bonds is 3. The van der Waals surface area contributed by atoms with Gasteiger partial charge >= 0.3 is 0 Å². The highest BCUT2D eigenvalue weighted by atomic mass is 16.3. The fourth-order valence-electron chi connectivity index (χ4n) is 2.16. The molecule has 0 saturated heterocycles. The highest BCUT2D eigenvalue weighted by Crippen LogP contribution is 2.30. The Labute approximate surface area is 94.0 Å². The summed E-state index contributed by atoms with van der Waals surface area (Å²) in [6.07, 6.45) is 3.88. The SMILES string of the molecule is CN(c1ncncn1)[C@@H]1C[C@H](CO)[C@@H](O)C1. The highest BCUT2D eigenvalue weighted by molar-refractivity contribution is 5.28. The van der Waals surface area contributed by atoms with Gasteiger partial charge in [0.25, 0.3) is 0 Å². The van der Waals surface area contributed by atoms with Crippen LogP contribution in [0, 0.1) is 5.92 Å². The van der Waals surface area contributed by atoms with Crippen LogP contribution in [0.5, 0.6) is 0 Å². The van der Waals surface area contributed by atoms with Gasteiger partial charge in [0.05, 0.1) is 6.10 Å². The third-order valence-electron chi connectivity index (χ3n) is 3.21. The summed E-state index contributed by atoms with van der Waals surface area (Å²) in [7, 11) is 1.90. The number of anilines is 1. The average Bonchev–Trinajstić information content (AvgIpc) is 2.71. The standard InChI is InChI=1S/C10H16N4O2/c1-14(10-12-5-11-6-13-10)8-2-7(4-15)9(16)3-8/h5-9,15-16H,2-4H2,1H3/t7-,8-,9+/m1/s1. The van der Waals surface area contributed by atoms with Crippen molar-refractivity contribution in [3.63, 3.8) is 0 Å². The topological polar surface area (TPSA) is 82.4 Å². The third kappa shape index (κ3) is 2.12. The van der Waals surface area contributed by atoms with Crippen LogP contribution in [0.1, 0.15) is 12.8 Å². The maximum absolute atomic E-state index is 9.72. The van der Waals surface area contributed by atoms with Crippen molar-refractivity contribution in [3.8, 4) is 0 Å². The highest BCUT2D eigenvalue weighted by Gasteiger charge is 2.35. The summed E-state index contributed by atoms with van der Waals surface area (Å²) in [5.74, 6) is 0.570. The minimum Gasteiger partial charge on any atom is -0.396 e. The Balaban J connectivity index is 2.04. The van der Waals surface area contributed by atoms with Crippen LogP contribution in [-0.2, 0) is 0 Å². The zero-order valence-electron chi connectivity index (χ0n) is 9.19. The van der Waals surface area contributed by atoms with Gasteiger partial charge in [-0.05, 0) is 12.8 Å². The van der Waals surface area contributed by atoms with Gasteiger partial charge in [0.1, 0.15) is 12.7 Å². The number of aliphatic hydroxyl groups excluding tert-OH is 2. The fourth-order valence-corrected chi connectivity index (χ4v) is 2.16. The quantitative estimate of drug-likeness (QED) is 0.716. The lowest BCUT2D eigenvalue weighted by Gasteiger charge is -2.23. The molecule has 3 atom stereocenters. The van der Waals surface area contributed by atoms with Gasteiger partial charge in [-0.3, -0.25) is 0 Å². The molecular formula is C10H16N4O2. The smallest absolute Gasteiger partial charge is 0.228 e. The van der Waals surface area contributed by atoms with Gasteiger partial charge < -0.3 is 15.1 Å². The summed E-state index contributed by atoms with van der Waals surface area (Å²) in [4.78, 5) is 13.8. The average molecular weight is 224 g/mol. The molecule has 88 valence electrons. The molecule has 1 aromatic rings. The van der Waals surface area contributed by atoms with E-state index in [4.69, 9.17) is 5.11 Å². The summed E-state index contributed by atoms with van der Waals surface area (Å²) >= 11 is 0. The lowest BCUT2D eigenvalue weighted by molar-refractivity contribution is 0.0908. The Morgan fingerprint density at radius 3 is 2.62 bits per heavy atom. The first-order valence-corrected chi connectivity index (χ1v) is 5.36. The summed E-state index contributed by atoms with van der Waals surface area (Å²) in [5, 5.41) is 18.8. The van der Waals surface area contributed by atoms with Crippen LogP contribution in [0.25, 0.3) is 0 Å². The molecule has 0 aromatic carbocycles. The van der Waals surface area contributed by atoms with Crippen LogP contribution in [0.4, 0.5) is 5.95 Å². The molecule has 1 heterocycles. The number of hydrogen-bond donors (Lipinski definition) is 2. The van der Waals surface area contributed by atoms with E-state index >= 15 is 0 Å². The maximum atomic E-state index is 9.72. The van der Waals surface area contributed by atoms with Crippen LogP contribution in [0.3, 0.4) is 0 Å². The molecular weight excluding hydrogens is 208 g/mol. The van der Waals surface area contributed by atoms with E-state index in [9.17, 15) is 5.11 Å². The van der Waals surface area contributed by atoms with Gasteiger partial charge in [0.2, 0.25) is 5.95 Å². The molecule has 16 heavy (non-hydrogen) atoms. The van der Waals surface area contributed by atoms with Crippen LogP contribution in [0.15, 0.2) is 12.7 Å². The van der Waals surface area contributed by atoms with Gasteiger partial charge in [0.15, 0.2) is 0 Å². The van der Waals surface area contributed by atoms with E-state index in [1.807, 2.05) is 11.9 Å². The summed E-state index contributed by atoms with van der Waals surface area (Å²) in [6, 6.07) is 0.176. The molecule has 0 radical (unpaired) electrons. The van der Waals surface area contributed by atoms with E-state index in [1.54, 1.807) is 0 Å². The lowest BCUT2D eigenvalue weighted by Crippen LogP contribution is -2.31. The van der Waals surface area contributed by atoms with Gasteiger partial charge in [-0.1, -0.05) is 0 Å². The van der Waals surface area contributed by atoms with Gasteiger partial charge in [0, 0.05) is 25.6 Å². The number of aliphatic hydroxyl groups is 2. The second kappa shape index (κ2) is 4.71. The molecule has 1 aliphatic carbocycles. The Kier molecular flexibility index (Phi) is 3.31. The van der Waals surface area contributed by atoms with Crippen molar-refractivity contribution in [2.24, 2.45) is 5.92 Å².